The highest BCUT2D eigenvalue weighted by atomic mass is 32.2. The van der Waals surface area contributed by atoms with Gasteiger partial charge in [0.25, 0.3) is 5.91 Å². The third-order valence-corrected chi connectivity index (χ3v) is 6.98. The lowest BCUT2D eigenvalue weighted by molar-refractivity contribution is -0.274. The monoisotopic (exact) mass is 465 g/mol. The first-order valence-corrected chi connectivity index (χ1v) is 11.1. The zero-order valence-corrected chi connectivity index (χ0v) is 17.4. The summed E-state index contributed by atoms with van der Waals surface area (Å²) in [5.41, 5.74) is 1.26. The zero-order chi connectivity index (χ0) is 22.9. The van der Waals surface area contributed by atoms with Crippen LogP contribution in [0.1, 0.15) is 10.4 Å². The normalized spacial score (nSPS) is 15.7. The van der Waals surface area contributed by atoms with Crippen molar-refractivity contribution in [3.05, 3.63) is 66.4 Å². The van der Waals surface area contributed by atoms with Crippen LogP contribution in [-0.2, 0) is 10.0 Å². The Hall–Kier alpha value is -3.18. The number of halogens is 3. The summed E-state index contributed by atoms with van der Waals surface area (Å²) < 4.78 is 67.5. The Balaban J connectivity index is 1.42. The van der Waals surface area contributed by atoms with Crippen LogP contribution in [0.2, 0.25) is 0 Å². The minimum atomic E-state index is -4.86. The first-order valence-electron chi connectivity index (χ1n) is 9.63. The van der Waals surface area contributed by atoms with Crippen LogP contribution in [0.25, 0.3) is 10.9 Å². The van der Waals surface area contributed by atoms with Crippen LogP contribution in [0.5, 0.6) is 5.75 Å². The number of pyridine rings is 1. The molecule has 0 unspecified atom stereocenters. The van der Waals surface area contributed by atoms with E-state index in [0.29, 0.717) is 5.56 Å². The second kappa shape index (κ2) is 8.40. The Kier molecular flexibility index (Phi) is 5.78. The lowest BCUT2D eigenvalue weighted by atomic mass is 10.1. The van der Waals surface area contributed by atoms with Crippen molar-refractivity contribution in [1.29, 1.82) is 0 Å². The standard InChI is InChI=1S/C21H18F3N3O4S/c22-21(23,24)31-17-4-6-18(7-5-17)32(29,30)27-12-10-26(11-13-27)20(28)16-3-8-19-15(14-16)2-1-9-25-19/h1-9,14H,10-13H2. The molecule has 3 aromatic rings. The largest absolute Gasteiger partial charge is 0.573 e. The minimum absolute atomic E-state index is 0.0734. The van der Waals surface area contributed by atoms with Crippen molar-refractivity contribution in [2.24, 2.45) is 0 Å². The van der Waals surface area contributed by atoms with Gasteiger partial charge in [0.1, 0.15) is 5.75 Å². The van der Waals surface area contributed by atoms with Gasteiger partial charge in [-0.3, -0.25) is 9.78 Å². The molecule has 4 rings (SSSR count). The number of hydrogen-bond acceptors (Lipinski definition) is 5. The third-order valence-electron chi connectivity index (χ3n) is 5.07. The smallest absolute Gasteiger partial charge is 0.406 e. The molecule has 0 radical (unpaired) electrons. The quantitative estimate of drug-likeness (QED) is 0.591. The molecule has 1 aromatic heterocycles. The number of ether oxygens (including phenoxy) is 1. The summed E-state index contributed by atoms with van der Waals surface area (Å²) in [4.78, 5) is 18.5. The molecule has 0 bridgehead atoms. The van der Waals surface area contributed by atoms with Crippen molar-refractivity contribution in [1.82, 2.24) is 14.2 Å². The molecule has 2 aromatic carbocycles. The Bertz CT molecular complexity index is 1240. The van der Waals surface area contributed by atoms with E-state index in [0.717, 1.165) is 35.2 Å². The number of amides is 1. The summed E-state index contributed by atoms with van der Waals surface area (Å²) in [6, 6.07) is 12.9. The molecule has 0 spiro atoms. The fraction of sp³-hybridized carbons (Fsp3) is 0.238. The van der Waals surface area contributed by atoms with E-state index in [2.05, 4.69) is 9.72 Å². The summed E-state index contributed by atoms with van der Waals surface area (Å²) in [7, 11) is -3.91. The molecule has 168 valence electrons. The number of fused-ring (bicyclic) bond motifs is 1. The van der Waals surface area contributed by atoms with Gasteiger partial charge >= 0.3 is 6.36 Å². The first kappa shape index (κ1) is 22.0. The van der Waals surface area contributed by atoms with E-state index in [1.165, 1.54) is 4.31 Å². The predicted octanol–water partition coefficient (Wildman–Crippen LogP) is 3.28. The van der Waals surface area contributed by atoms with Crippen LogP contribution in [-0.4, -0.2) is 61.1 Å². The number of rotatable bonds is 4. The Morgan fingerprint density at radius 2 is 1.66 bits per heavy atom. The molecule has 0 N–H and O–H groups in total. The van der Waals surface area contributed by atoms with Crippen molar-refractivity contribution in [2.45, 2.75) is 11.3 Å². The van der Waals surface area contributed by atoms with E-state index in [4.69, 9.17) is 0 Å². The average Bonchev–Trinajstić information content (AvgIpc) is 2.77. The van der Waals surface area contributed by atoms with Gasteiger partial charge in [-0.1, -0.05) is 6.07 Å². The predicted molar refractivity (Wildman–Crippen MR) is 110 cm³/mol. The molecule has 1 fully saturated rings. The molecule has 0 saturated carbocycles. The first-order chi connectivity index (χ1) is 15.1. The van der Waals surface area contributed by atoms with Gasteiger partial charge < -0.3 is 9.64 Å². The van der Waals surface area contributed by atoms with Gasteiger partial charge in [-0.2, -0.15) is 4.31 Å². The zero-order valence-electron chi connectivity index (χ0n) is 16.6. The summed E-state index contributed by atoms with van der Waals surface area (Å²) in [6.45, 7) is 0.533. The molecule has 11 heteroatoms. The van der Waals surface area contributed by atoms with Gasteiger partial charge in [-0.25, -0.2) is 8.42 Å². The fourth-order valence-corrected chi connectivity index (χ4v) is 4.91. The second-order valence-electron chi connectivity index (χ2n) is 7.13. The van der Waals surface area contributed by atoms with Gasteiger partial charge in [-0.15, -0.1) is 13.2 Å². The lowest BCUT2D eigenvalue weighted by Crippen LogP contribution is -2.50. The number of carbonyl (C=O) groups excluding carboxylic acids is 1. The van der Waals surface area contributed by atoms with E-state index in [1.54, 1.807) is 35.4 Å². The third kappa shape index (κ3) is 4.68. The van der Waals surface area contributed by atoms with Crippen LogP contribution in [0, 0.1) is 0 Å². The maximum absolute atomic E-state index is 12.9. The average molecular weight is 465 g/mol. The van der Waals surface area contributed by atoms with Gasteiger partial charge in [0, 0.05) is 43.3 Å². The lowest BCUT2D eigenvalue weighted by Gasteiger charge is -2.34. The molecule has 32 heavy (non-hydrogen) atoms. The molecule has 1 saturated heterocycles. The van der Waals surface area contributed by atoms with Crippen molar-refractivity contribution in [3.8, 4) is 5.75 Å². The number of alkyl halides is 3. The molecular formula is C21H18F3N3O4S. The highest BCUT2D eigenvalue weighted by Gasteiger charge is 2.33. The van der Waals surface area contributed by atoms with Gasteiger partial charge in [0.15, 0.2) is 0 Å². The molecule has 1 aliphatic rings. The molecule has 2 heterocycles. The van der Waals surface area contributed by atoms with Crippen LogP contribution < -0.4 is 4.74 Å². The molecule has 0 atom stereocenters. The highest BCUT2D eigenvalue weighted by molar-refractivity contribution is 7.89. The topological polar surface area (TPSA) is 79.8 Å². The molecule has 0 aliphatic carbocycles. The summed E-state index contributed by atoms with van der Waals surface area (Å²) in [6.07, 6.45) is -3.19. The summed E-state index contributed by atoms with van der Waals surface area (Å²) in [5.74, 6) is -0.709. The van der Waals surface area contributed by atoms with Crippen LogP contribution in [0.4, 0.5) is 13.2 Å². The number of piperazine rings is 1. The van der Waals surface area contributed by atoms with E-state index >= 15 is 0 Å². The van der Waals surface area contributed by atoms with E-state index in [9.17, 15) is 26.4 Å². The van der Waals surface area contributed by atoms with Gasteiger partial charge in [0.2, 0.25) is 10.0 Å². The molecule has 1 amide bonds. The van der Waals surface area contributed by atoms with E-state index in [1.807, 2.05) is 6.07 Å². The maximum atomic E-state index is 12.9. The van der Waals surface area contributed by atoms with Crippen LogP contribution in [0.3, 0.4) is 0 Å². The van der Waals surface area contributed by atoms with Crippen molar-refractivity contribution >= 4 is 26.8 Å². The summed E-state index contributed by atoms with van der Waals surface area (Å²) >= 11 is 0. The number of sulfonamides is 1. The van der Waals surface area contributed by atoms with Crippen LogP contribution >= 0.6 is 0 Å². The highest BCUT2D eigenvalue weighted by Crippen LogP contribution is 2.26. The minimum Gasteiger partial charge on any atom is -0.406 e. The van der Waals surface area contributed by atoms with E-state index < -0.39 is 22.1 Å². The van der Waals surface area contributed by atoms with Crippen molar-refractivity contribution in [3.63, 3.8) is 0 Å². The number of benzene rings is 2. The second-order valence-corrected chi connectivity index (χ2v) is 9.06. The molecule has 7 nitrogen and oxygen atoms in total. The molecular weight excluding hydrogens is 447 g/mol. The number of carbonyl (C=O) groups is 1. The van der Waals surface area contributed by atoms with Crippen LogP contribution in [0.15, 0.2) is 65.7 Å². The fourth-order valence-electron chi connectivity index (χ4n) is 3.49. The summed E-state index contributed by atoms with van der Waals surface area (Å²) in [5, 5.41) is 0.831. The van der Waals surface area contributed by atoms with Crippen molar-refractivity contribution < 1.29 is 31.1 Å². The SMILES string of the molecule is O=C(c1ccc2ncccc2c1)N1CCN(S(=O)(=O)c2ccc(OC(F)(F)F)cc2)CC1. The number of aromatic nitrogens is 1. The van der Waals surface area contributed by atoms with Gasteiger partial charge in [0.05, 0.1) is 10.4 Å². The Morgan fingerprint density at radius 1 is 0.969 bits per heavy atom. The molecule has 1 aliphatic heterocycles. The Labute approximate surface area is 182 Å². The van der Waals surface area contributed by atoms with E-state index in [-0.39, 0.29) is 37.0 Å². The Morgan fingerprint density at radius 3 is 2.31 bits per heavy atom. The van der Waals surface area contributed by atoms with Gasteiger partial charge in [-0.05, 0) is 48.5 Å². The van der Waals surface area contributed by atoms with Crippen molar-refractivity contribution in [2.75, 3.05) is 26.2 Å². The maximum Gasteiger partial charge on any atom is 0.573 e. The number of nitrogens with zero attached hydrogens (tertiary/aromatic N) is 3. The number of hydrogen-bond donors (Lipinski definition) is 0.